The topological polar surface area (TPSA) is 104 Å². The van der Waals surface area contributed by atoms with Crippen LogP contribution in [0, 0.1) is 5.82 Å². The molecule has 1 amide bonds. The average molecular weight is 215 g/mol. The number of aliphatic hydroxyl groups excluding tert-OH is 2. The SMILES string of the molecule is NC(=O)C(O)C(O)c1c(O)cccc1F. The first kappa shape index (κ1) is 11.4. The monoisotopic (exact) mass is 215 g/mol. The fourth-order valence-electron chi connectivity index (χ4n) is 1.13. The standard InChI is InChI=1S/C9H10FNO4/c10-4-2-1-3-5(12)6(4)7(13)8(14)9(11)15/h1-3,7-8,12-14H,(H2,11,15). The number of carbonyl (C=O) groups excluding carboxylic acids is 1. The van der Waals surface area contributed by atoms with Crippen molar-refractivity contribution in [3.05, 3.63) is 29.6 Å². The van der Waals surface area contributed by atoms with E-state index in [-0.39, 0.29) is 0 Å². The second-order valence-electron chi connectivity index (χ2n) is 2.96. The summed E-state index contributed by atoms with van der Waals surface area (Å²) < 4.78 is 13.1. The first-order valence-corrected chi connectivity index (χ1v) is 4.08. The summed E-state index contributed by atoms with van der Waals surface area (Å²) in [6, 6.07) is 3.32. The quantitative estimate of drug-likeness (QED) is 0.541. The Morgan fingerprint density at radius 2 is 2.00 bits per heavy atom. The first-order valence-electron chi connectivity index (χ1n) is 4.08. The van der Waals surface area contributed by atoms with Crippen molar-refractivity contribution in [3.8, 4) is 5.75 Å². The molecular weight excluding hydrogens is 205 g/mol. The van der Waals surface area contributed by atoms with Gasteiger partial charge in [-0.2, -0.15) is 0 Å². The molecule has 0 bridgehead atoms. The lowest BCUT2D eigenvalue weighted by atomic mass is 10.0. The van der Waals surface area contributed by atoms with E-state index in [9.17, 15) is 19.4 Å². The normalized spacial score (nSPS) is 14.6. The minimum absolute atomic E-state index is 0.552. The van der Waals surface area contributed by atoms with Crippen LogP contribution in [0.1, 0.15) is 11.7 Å². The van der Waals surface area contributed by atoms with Crippen molar-refractivity contribution in [1.29, 1.82) is 0 Å². The van der Waals surface area contributed by atoms with E-state index < -0.39 is 35.2 Å². The van der Waals surface area contributed by atoms with E-state index in [1.165, 1.54) is 6.07 Å². The summed E-state index contributed by atoms with van der Waals surface area (Å²) in [6.45, 7) is 0. The molecule has 0 saturated heterocycles. The number of phenols is 1. The number of aromatic hydroxyl groups is 1. The van der Waals surface area contributed by atoms with Crippen LogP contribution in [-0.4, -0.2) is 27.3 Å². The van der Waals surface area contributed by atoms with Gasteiger partial charge in [0.15, 0.2) is 6.10 Å². The minimum Gasteiger partial charge on any atom is -0.507 e. The molecule has 1 aromatic rings. The zero-order valence-electron chi connectivity index (χ0n) is 7.59. The maximum atomic E-state index is 13.1. The van der Waals surface area contributed by atoms with Gasteiger partial charge in [0.25, 0.3) is 0 Å². The van der Waals surface area contributed by atoms with Crippen molar-refractivity contribution in [1.82, 2.24) is 0 Å². The highest BCUT2D eigenvalue weighted by atomic mass is 19.1. The highest BCUT2D eigenvalue weighted by Crippen LogP contribution is 2.28. The summed E-state index contributed by atoms with van der Waals surface area (Å²) in [5.41, 5.74) is 4.17. The number of amides is 1. The van der Waals surface area contributed by atoms with Crippen LogP contribution < -0.4 is 5.73 Å². The Hall–Kier alpha value is -1.66. The maximum Gasteiger partial charge on any atom is 0.249 e. The third-order valence-electron chi connectivity index (χ3n) is 1.92. The van der Waals surface area contributed by atoms with Gasteiger partial charge in [-0.25, -0.2) is 4.39 Å². The molecule has 0 saturated carbocycles. The number of nitrogens with two attached hydrogens (primary N) is 1. The smallest absolute Gasteiger partial charge is 0.249 e. The van der Waals surface area contributed by atoms with E-state index in [0.29, 0.717) is 0 Å². The molecule has 0 heterocycles. The van der Waals surface area contributed by atoms with Crippen molar-refractivity contribution < 1.29 is 24.5 Å². The average Bonchev–Trinajstić information content (AvgIpc) is 2.15. The molecule has 0 aromatic heterocycles. The van der Waals surface area contributed by atoms with Crippen LogP contribution in [0.5, 0.6) is 5.75 Å². The molecule has 0 aliphatic carbocycles. The first-order chi connectivity index (χ1) is 6.95. The Balaban J connectivity index is 3.10. The molecule has 5 N–H and O–H groups in total. The molecule has 0 spiro atoms. The Morgan fingerprint density at radius 3 is 2.47 bits per heavy atom. The number of hydrogen-bond donors (Lipinski definition) is 4. The number of rotatable bonds is 3. The number of phenolic OH excluding ortho intramolecular Hbond substituents is 1. The number of benzene rings is 1. The lowest BCUT2D eigenvalue weighted by Crippen LogP contribution is -2.34. The molecule has 0 aliphatic heterocycles. The number of primary amides is 1. The lowest BCUT2D eigenvalue weighted by Gasteiger charge is -2.16. The van der Waals surface area contributed by atoms with Crippen LogP contribution in [0.4, 0.5) is 4.39 Å². The predicted octanol–water partition coefficient (Wildman–Crippen LogP) is -0.589. The van der Waals surface area contributed by atoms with Crippen LogP contribution in [0.2, 0.25) is 0 Å². The van der Waals surface area contributed by atoms with Gasteiger partial charge >= 0.3 is 0 Å². The third kappa shape index (κ3) is 2.23. The van der Waals surface area contributed by atoms with Crippen LogP contribution in [0.3, 0.4) is 0 Å². The predicted molar refractivity (Wildman–Crippen MR) is 48.2 cm³/mol. The summed E-state index contributed by atoms with van der Waals surface area (Å²) in [5.74, 6) is -2.68. The Kier molecular flexibility index (Phi) is 3.23. The van der Waals surface area contributed by atoms with Crippen LogP contribution in [-0.2, 0) is 4.79 Å². The van der Waals surface area contributed by atoms with Crippen LogP contribution in [0.15, 0.2) is 18.2 Å². The number of aliphatic hydroxyl groups is 2. The molecule has 1 rings (SSSR count). The van der Waals surface area contributed by atoms with Crippen LogP contribution in [0.25, 0.3) is 0 Å². The van der Waals surface area contributed by atoms with Crippen molar-refractivity contribution in [3.63, 3.8) is 0 Å². The summed E-state index contributed by atoms with van der Waals surface area (Å²) in [5, 5.41) is 27.7. The molecule has 0 radical (unpaired) electrons. The minimum atomic E-state index is -1.97. The van der Waals surface area contributed by atoms with E-state index in [4.69, 9.17) is 10.8 Å². The van der Waals surface area contributed by atoms with Gasteiger partial charge in [-0.15, -0.1) is 0 Å². The number of halogens is 1. The summed E-state index contributed by atoms with van der Waals surface area (Å²) in [7, 11) is 0. The third-order valence-corrected chi connectivity index (χ3v) is 1.92. The summed E-state index contributed by atoms with van der Waals surface area (Å²) in [6.07, 6.45) is -3.85. The zero-order valence-corrected chi connectivity index (χ0v) is 7.59. The molecule has 82 valence electrons. The van der Waals surface area contributed by atoms with Gasteiger partial charge in [-0.3, -0.25) is 4.79 Å². The van der Waals surface area contributed by atoms with Gasteiger partial charge in [-0.1, -0.05) is 6.07 Å². The second kappa shape index (κ2) is 4.24. The molecule has 6 heteroatoms. The zero-order chi connectivity index (χ0) is 11.6. The van der Waals surface area contributed by atoms with Crippen molar-refractivity contribution in [2.45, 2.75) is 12.2 Å². The summed E-state index contributed by atoms with van der Waals surface area (Å²) >= 11 is 0. The molecule has 5 nitrogen and oxygen atoms in total. The Bertz CT molecular complexity index is 362. The van der Waals surface area contributed by atoms with Gasteiger partial charge in [0.2, 0.25) is 5.91 Å². The van der Waals surface area contributed by atoms with Crippen molar-refractivity contribution in [2.24, 2.45) is 5.73 Å². The van der Waals surface area contributed by atoms with E-state index in [2.05, 4.69) is 0 Å². The highest BCUT2D eigenvalue weighted by Gasteiger charge is 2.28. The largest absolute Gasteiger partial charge is 0.507 e. The molecule has 2 unspecified atom stereocenters. The molecule has 15 heavy (non-hydrogen) atoms. The van der Waals surface area contributed by atoms with E-state index in [1.807, 2.05) is 0 Å². The molecule has 0 fully saturated rings. The fourth-order valence-corrected chi connectivity index (χ4v) is 1.13. The Morgan fingerprint density at radius 1 is 1.40 bits per heavy atom. The Labute approximate surface area is 84.6 Å². The number of hydrogen-bond acceptors (Lipinski definition) is 4. The van der Waals surface area contributed by atoms with E-state index in [0.717, 1.165) is 12.1 Å². The van der Waals surface area contributed by atoms with Crippen molar-refractivity contribution >= 4 is 5.91 Å². The second-order valence-corrected chi connectivity index (χ2v) is 2.96. The molecule has 2 atom stereocenters. The maximum absolute atomic E-state index is 13.1. The van der Waals surface area contributed by atoms with Crippen LogP contribution >= 0.6 is 0 Å². The van der Waals surface area contributed by atoms with E-state index in [1.54, 1.807) is 0 Å². The lowest BCUT2D eigenvalue weighted by molar-refractivity contribution is -0.132. The van der Waals surface area contributed by atoms with Gasteiger partial charge in [0.1, 0.15) is 17.7 Å². The fraction of sp³-hybridized carbons (Fsp3) is 0.222. The van der Waals surface area contributed by atoms with Gasteiger partial charge < -0.3 is 21.1 Å². The van der Waals surface area contributed by atoms with Gasteiger partial charge in [-0.05, 0) is 12.1 Å². The highest BCUT2D eigenvalue weighted by molar-refractivity contribution is 5.79. The number of carbonyl (C=O) groups is 1. The van der Waals surface area contributed by atoms with E-state index >= 15 is 0 Å². The van der Waals surface area contributed by atoms with Crippen molar-refractivity contribution in [2.75, 3.05) is 0 Å². The molecular formula is C9H10FNO4. The van der Waals surface area contributed by atoms with Gasteiger partial charge in [0, 0.05) is 0 Å². The van der Waals surface area contributed by atoms with Gasteiger partial charge in [0.05, 0.1) is 5.56 Å². The molecule has 1 aromatic carbocycles. The summed E-state index contributed by atoms with van der Waals surface area (Å²) in [4.78, 5) is 10.5. The molecule has 0 aliphatic rings.